The summed E-state index contributed by atoms with van der Waals surface area (Å²) in [6.45, 7) is 4.62. The minimum Gasteiger partial charge on any atom is -0.396 e. The van der Waals surface area contributed by atoms with E-state index >= 15 is 0 Å². The largest absolute Gasteiger partial charge is 0.396 e. The first kappa shape index (κ1) is 16.9. The van der Waals surface area contributed by atoms with Crippen LogP contribution in [-0.2, 0) is 0 Å². The Morgan fingerprint density at radius 3 is 2.63 bits per heavy atom. The fourth-order valence-electron chi connectivity index (χ4n) is 3.59. The predicted molar refractivity (Wildman–Crippen MR) is 82.1 cm³/mol. The van der Waals surface area contributed by atoms with Gasteiger partial charge in [0.1, 0.15) is 0 Å². The molecule has 1 saturated carbocycles. The van der Waals surface area contributed by atoms with Crippen molar-refractivity contribution in [3.63, 3.8) is 0 Å². The second-order valence-corrected chi connectivity index (χ2v) is 6.30. The Kier molecular flexibility index (Phi) is 8.67. The SMILES string of the molecule is CCCC1CCC(CN)C(N(C)CCCCCO)C1. The van der Waals surface area contributed by atoms with Crippen LogP contribution in [0.1, 0.15) is 58.3 Å². The summed E-state index contributed by atoms with van der Waals surface area (Å²) < 4.78 is 0. The van der Waals surface area contributed by atoms with Crippen molar-refractivity contribution in [2.45, 2.75) is 64.3 Å². The summed E-state index contributed by atoms with van der Waals surface area (Å²) in [5, 5.41) is 8.82. The summed E-state index contributed by atoms with van der Waals surface area (Å²) in [4.78, 5) is 2.54. The maximum absolute atomic E-state index is 8.82. The third-order valence-electron chi connectivity index (χ3n) is 4.80. The Morgan fingerprint density at radius 1 is 1.21 bits per heavy atom. The Morgan fingerprint density at radius 2 is 2.00 bits per heavy atom. The van der Waals surface area contributed by atoms with Crippen molar-refractivity contribution in [3.8, 4) is 0 Å². The van der Waals surface area contributed by atoms with Crippen molar-refractivity contribution in [2.24, 2.45) is 17.6 Å². The molecule has 114 valence electrons. The molecule has 0 aliphatic heterocycles. The molecule has 3 nitrogen and oxygen atoms in total. The van der Waals surface area contributed by atoms with Crippen molar-refractivity contribution in [2.75, 3.05) is 26.7 Å². The third kappa shape index (κ3) is 5.80. The molecule has 0 saturated heterocycles. The highest BCUT2D eigenvalue weighted by Crippen LogP contribution is 2.34. The number of hydrogen-bond acceptors (Lipinski definition) is 3. The van der Waals surface area contributed by atoms with Crippen molar-refractivity contribution in [1.82, 2.24) is 4.90 Å². The number of nitrogens with zero attached hydrogens (tertiary/aromatic N) is 1. The van der Waals surface area contributed by atoms with Crippen LogP contribution in [-0.4, -0.2) is 42.8 Å². The molecule has 3 heteroatoms. The zero-order valence-electron chi connectivity index (χ0n) is 13.0. The van der Waals surface area contributed by atoms with Gasteiger partial charge in [0.25, 0.3) is 0 Å². The summed E-state index contributed by atoms with van der Waals surface area (Å²) in [5.41, 5.74) is 5.97. The standard InChI is InChI=1S/C16H34N2O/c1-3-7-14-8-9-15(13-17)16(12-14)18(2)10-5-4-6-11-19/h14-16,19H,3-13,17H2,1-2H3. The van der Waals surface area contributed by atoms with E-state index in [1.165, 1.54) is 38.5 Å². The number of aliphatic hydroxyl groups excluding tert-OH is 1. The van der Waals surface area contributed by atoms with Crippen LogP contribution < -0.4 is 5.73 Å². The van der Waals surface area contributed by atoms with Gasteiger partial charge in [-0.2, -0.15) is 0 Å². The highest BCUT2D eigenvalue weighted by molar-refractivity contribution is 4.86. The zero-order chi connectivity index (χ0) is 14.1. The van der Waals surface area contributed by atoms with Gasteiger partial charge in [-0.05, 0) is 64.1 Å². The number of nitrogens with two attached hydrogens (primary N) is 1. The second kappa shape index (κ2) is 9.73. The van der Waals surface area contributed by atoms with E-state index in [4.69, 9.17) is 10.8 Å². The average Bonchev–Trinajstić information content (AvgIpc) is 2.43. The Hall–Kier alpha value is -0.120. The van der Waals surface area contributed by atoms with Gasteiger partial charge < -0.3 is 15.7 Å². The van der Waals surface area contributed by atoms with Crippen molar-refractivity contribution in [1.29, 1.82) is 0 Å². The van der Waals surface area contributed by atoms with Gasteiger partial charge in [-0.1, -0.05) is 26.2 Å². The molecule has 0 heterocycles. The van der Waals surface area contributed by atoms with E-state index in [0.717, 1.165) is 31.8 Å². The van der Waals surface area contributed by atoms with Crippen LogP contribution >= 0.6 is 0 Å². The molecule has 0 amide bonds. The summed E-state index contributed by atoms with van der Waals surface area (Å²) in [6.07, 6.45) is 10.0. The summed E-state index contributed by atoms with van der Waals surface area (Å²) in [7, 11) is 2.26. The molecular formula is C16H34N2O. The van der Waals surface area contributed by atoms with Crippen LogP contribution in [0, 0.1) is 11.8 Å². The van der Waals surface area contributed by atoms with E-state index in [1.54, 1.807) is 0 Å². The molecule has 3 atom stereocenters. The lowest BCUT2D eigenvalue weighted by atomic mass is 9.76. The number of rotatable bonds is 9. The maximum atomic E-state index is 8.82. The molecule has 0 bridgehead atoms. The lowest BCUT2D eigenvalue weighted by Gasteiger charge is -2.41. The van der Waals surface area contributed by atoms with Gasteiger partial charge in [0, 0.05) is 12.6 Å². The highest BCUT2D eigenvalue weighted by Gasteiger charge is 2.31. The van der Waals surface area contributed by atoms with E-state index in [2.05, 4.69) is 18.9 Å². The van der Waals surface area contributed by atoms with Gasteiger partial charge >= 0.3 is 0 Å². The summed E-state index contributed by atoms with van der Waals surface area (Å²) in [5.74, 6) is 1.61. The Bertz CT molecular complexity index is 223. The van der Waals surface area contributed by atoms with Crippen LogP contribution in [0.25, 0.3) is 0 Å². The fraction of sp³-hybridized carbons (Fsp3) is 1.00. The molecule has 1 aliphatic rings. The number of hydrogen-bond donors (Lipinski definition) is 2. The summed E-state index contributed by atoms with van der Waals surface area (Å²) in [6, 6.07) is 0.685. The van der Waals surface area contributed by atoms with Gasteiger partial charge in [0.05, 0.1) is 0 Å². The minimum atomic E-state index is 0.330. The van der Waals surface area contributed by atoms with E-state index in [1.807, 2.05) is 0 Å². The van der Waals surface area contributed by atoms with E-state index in [-0.39, 0.29) is 0 Å². The first-order valence-corrected chi connectivity index (χ1v) is 8.24. The molecule has 0 aromatic carbocycles. The molecule has 1 aliphatic carbocycles. The van der Waals surface area contributed by atoms with Gasteiger partial charge in [-0.3, -0.25) is 0 Å². The third-order valence-corrected chi connectivity index (χ3v) is 4.80. The van der Waals surface area contributed by atoms with Gasteiger partial charge in [0.15, 0.2) is 0 Å². The lowest BCUT2D eigenvalue weighted by molar-refractivity contribution is 0.0981. The summed E-state index contributed by atoms with van der Waals surface area (Å²) >= 11 is 0. The molecule has 0 radical (unpaired) electrons. The van der Waals surface area contributed by atoms with E-state index in [9.17, 15) is 0 Å². The fourth-order valence-corrected chi connectivity index (χ4v) is 3.59. The van der Waals surface area contributed by atoms with Crippen molar-refractivity contribution in [3.05, 3.63) is 0 Å². The molecule has 3 N–H and O–H groups in total. The van der Waals surface area contributed by atoms with Crippen LogP contribution in [0.4, 0.5) is 0 Å². The second-order valence-electron chi connectivity index (χ2n) is 6.30. The molecule has 19 heavy (non-hydrogen) atoms. The molecule has 1 fully saturated rings. The monoisotopic (exact) mass is 270 g/mol. The van der Waals surface area contributed by atoms with Crippen LogP contribution in [0.15, 0.2) is 0 Å². The maximum Gasteiger partial charge on any atom is 0.0431 e. The molecular weight excluding hydrogens is 236 g/mol. The quantitative estimate of drug-likeness (QED) is 0.633. The average molecular weight is 270 g/mol. The number of aliphatic hydroxyl groups is 1. The molecule has 0 aromatic rings. The predicted octanol–water partition coefficient (Wildman–Crippen LogP) is 2.62. The van der Waals surface area contributed by atoms with Gasteiger partial charge in [-0.15, -0.1) is 0 Å². The lowest BCUT2D eigenvalue weighted by Crippen LogP contribution is -2.45. The molecule has 1 rings (SSSR count). The van der Waals surface area contributed by atoms with E-state index in [0.29, 0.717) is 18.6 Å². The molecule has 3 unspecified atom stereocenters. The molecule has 0 aromatic heterocycles. The topological polar surface area (TPSA) is 49.5 Å². The highest BCUT2D eigenvalue weighted by atomic mass is 16.2. The first-order chi connectivity index (χ1) is 9.22. The zero-order valence-corrected chi connectivity index (χ0v) is 13.0. The Balaban J connectivity index is 2.39. The smallest absolute Gasteiger partial charge is 0.0431 e. The number of unbranched alkanes of at least 4 members (excludes halogenated alkanes) is 2. The molecule has 0 spiro atoms. The van der Waals surface area contributed by atoms with Crippen LogP contribution in [0.5, 0.6) is 0 Å². The van der Waals surface area contributed by atoms with Crippen molar-refractivity contribution < 1.29 is 5.11 Å². The minimum absolute atomic E-state index is 0.330. The van der Waals surface area contributed by atoms with Crippen LogP contribution in [0.2, 0.25) is 0 Å². The normalized spacial score (nSPS) is 27.9. The van der Waals surface area contributed by atoms with E-state index < -0.39 is 0 Å². The van der Waals surface area contributed by atoms with Crippen LogP contribution in [0.3, 0.4) is 0 Å². The first-order valence-electron chi connectivity index (χ1n) is 8.24. The van der Waals surface area contributed by atoms with Crippen molar-refractivity contribution >= 4 is 0 Å². The van der Waals surface area contributed by atoms with Gasteiger partial charge in [0.2, 0.25) is 0 Å². The Labute approximate surface area is 119 Å². The van der Waals surface area contributed by atoms with Gasteiger partial charge in [-0.25, -0.2) is 0 Å².